The van der Waals surface area contributed by atoms with Crippen LogP contribution in [0.25, 0.3) is 0 Å². The molecule has 0 radical (unpaired) electrons. The molecule has 5 nitrogen and oxygen atoms in total. The number of carbonyl (C=O) groups is 2. The Balaban J connectivity index is 1.89. The number of likely N-dealkylation sites (tertiary alicyclic amines) is 1. The van der Waals surface area contributed by atoms with E-state index in [0.29, 0.717) is 13.2 Å². The average Bonchev–Trinajstić information content (AvgIpc) is 2.96. The maximum atomic E-state index is 12.4. The van der Waals surface area contributed by atoms with Crippen LogP contribution in [0.5, 0.6) is 0 Å². The molecule has 132 valence electrons. The highest BCUT2D eigenvalue weighted by molar-refractivity contribution is 5.97. The number of amides is 2. The second-order valence-electron chi connectivity index (χ2n) is 6.54. The maximum Gasteiger partial charge on any atom is 0.229 e. The molecule has 24 heavy (non-hydrogen) atoms. The third-order valence-electron chi connectivity index (χ3n) is 4.51. The number of benzene rings is 1. The molecule has 0 unspecified atom stereocenters. The lowest BCUT2D eigenvalue weighted by Gasteiger charge is -2.23. The molecular weight excluding hydrogens is 304 g/mol. The predicted molar refractivity (Wildman–Crippen MR) is 94.8 cm³/mol. The summed E-state index contributed by atoms with van der Waals surface area (Å²) in [5, 5.41) is 2.93. The molecule has 2 rings (SSSR count). The Morgan fingerprint density at radius 1 is 1.38 bits per heavy atom. The number of aryl methyl sites for hydroxylation is 1. The van der Waals surface area contributed by atoms with Gasteiger partial charge in [0.25, 0.3) is 0 Å². The third-order valence-corrected chi connectivity index (χ3v) is 4.51. The van der Waals surface area contributed by atoms with E-state index in [-0.39, 0.29) is 30.2 Å². The lowest BCUT2D eigenvalue weighted by molar-refractivity contribution is -0.130. The van der Waals surface area contributed by atoms with Gasteiger partial charge in [-0.1, -0.05) is 25.5 Å². The minimum absolute atomic E-state index is 0.00171. The summed E-state index contributed by atoms with van der Waals surface area (Å²) in [6.07, 6.45) is 3.68. The third kappa shape index (κ3) is 4.81. The van der Waals surface area contributed by atoms with Gasteiger partial charge in [-0.25, -0.2) is 0 Å². The van der Waals surface area contributed by atoms with Gasteiger partial charge in [-0.2, -0.15) is 0 Å². The number of ether oxygens (including phenoxy) is 1. The molecule has 0 spiro atoms. The van der Waals surface area contributed by atoms with Gasteiger partial charge < -0.3 is 15.0 Å². The highest BCUT2D eigenvalue weighted by Crippen LogP contribution is 2.22. The fourth-order valence-electron chi connectivity index (χ4n) is 3.04. The number of nitrogens with zero attached hydrogens (tertiary/aromatic N) is 1. The molecule has 1 aliphatic heterocycles. The highest BCUT2D eigenvalue weighted by Gasteiger charge is 2.36. The van der Waals surface area contributed by atoms with Crippen molar-refractivity contribution in [1.82, 2.24) is 4.90 Å². The summed E-state index contributed by atoms with van der Waals surface area (Å²) in [6, 6.07) is 7.98. The van der Waals surface area contributed by atoms with Gasteiger partial charge in [-0.05, 0) is 37.5 Å². The Bertz CT molecular complexity index is 556. The van der Waals surface area contributed by atoms with Gasteiger partial charge in [-0.15, -0.1) is 0 Å². The van der Waals surface area contributed by atoms with Crippen molar-refractivity contribution in [3.63, 3.8) is 0 Å². The normalized spacial score (nSPS) is 18.7. The number of carbonyl (C=O) groups excluding carboxylic acids is 2. The van der Waals surface area contributed by atoms with Crippen molar-refractivity contribution in [1.29, 1.82) is 0 Å². The number of anilines is 1. The Kier molecular flexibility index (Phi) is 6.79. The van der Waals surface area contributed by atoms with E-state index >= 15 is 0 Å². The van der Waals surface area contributed by atoms with Gasteiger partial charge in [0.05, 0.1) is 18.6 Å². The first-order chi connectivity index (χ1) is 11.5. The van der Waals surface area contributed by atoms with Crippen LogP contribution in [0, 0.1) is 5.92 Å². The van der Waals surface area contributed by atoms with Crippen LogP contribution in [0.1, 0.15) is 38.7 Å². The molecule has 1 N–H and O–H groups in total. The van der Waals surface area contributed by atoms with E-state index in [9.17, 15) is 9.59 Å². The van der Waals surface area contributed by atoms with Gasteiger partial charge in [0.1, 0.15) is 0 Å². The molecule has 1 aromatic carbocycles. The molecule has 2 atom stereocenters. The number of unbranched alkanes of at least 4 members (excludes halogenated alkanes) is 1. The van der Waals surface area contributed by atoms with Crippen molar-refractivity contribution in [2.45, 2.75) is 45.6 Å². The van der Waals surface area contributed by atoms with Crippen molar-refractivity contribution >= 4 is 17.5 Å². The summed E-state index contributed by atoms with van der Waals surface area (Å²) in [6.45, 7) is 5.06. The van der Waals surface area contributed by atoms with Gasteiger partial charge in [0.2, 0.25) is 11.8 Å². The molecule has 0 aromatic heterocycles. The second kappa shape index (κ2) is 8.83. The Labute approximate surface area is 144 Å². The molecule has 1 aliphatic rings. The van der Waals surface area contributed by atoms with Crippen LogP contribution in [-0.4, -0.2) is 43.0 Å². The van der Waals surface area contributed by atoms with Crippen molar-refractivity contribution in [3.05, 3.63) is 29.8 Å². The number of rotatable bonds is 8. The lowest BCUT2D eigenvalue weighted by Crippen LogP contribution is -2.38. The molecular formula is C19H28N2O3. The molecule has 1 heterocycles. The summed E-state index contributed by atoms with van der Waals surface area (Å²) in [5.74, 6) is -0.358. The smallest absolute Gasteiger partial charge is 0.229 e. The van der Waals surface area contributed by atoms with Crippen LogP contribution >= 0.6 is 0 Å². The van der Waals surface area contributed by atoms with E-state index in [1.54, 1.807) is 12.0 Å². The SMILES string of the molecule is CCCCc1ccc(NC(=O)[C@H]2CC(=O)N([C@H](C)COC)C2)cc1. The fourth-order valence-corrected chi connectivity index (χ4v) is 3.04. The monoisotopic (exact) mass is 332 g/mol. The van der Waals surface area contributed by atoms with E-state index in [1.165, 1.54) is 18.4 Å². The van der Waals surface area contributed by atoms with Crippen molar-refractivity contribution in [2.24, 2.45) is 5.92 Å². The van der Waals surface area contributed by atoms with E-state index in [0.717, 1.165) is 12.1 Å². The standard InChI is InChI=1S/C19H28N2O3/c1-4-5-6-15-7-9-17(10-8-15)20-19(23)16-11-18(22)21(12-16)14(2)13-24-3/h7-10,14,16H,4-6,11-13H2,1-3H3,(H,20,23)/t14-,16+/m1/s1. The first-order valence-corrected chi connectivity index (χ1v) is 8.73. The zero-order chi connectivity index (χ0) is 17.5. The highest BCUT2D eigenvalue weighted by atomic mass is 16.5. The van der Waals surface area contributed by atoms with Crippen LogP contribution in [0.3, 0.4) is 0 Å². The topological polar surface area (TPSA) is 58.6 Å². The minimum atomic E-state index is -0.295. The number of nitrogens with one attached hydrogen (secondary N) is 1. The zero-order valence-corrected chi connectivity index (χ0v) is 14.9. The summed E-state index contributed by atoms with van der Waals surface area (Å²) < 4.78 is 5.10. The van der Waals surface area contributed by atoms with E-state index in [1.807, 2.05) is 19.1 Å². The van der Waals surface area contributed by atoms with Gasteiger partial charge >= 0.3 is 0 Å². The first kappa shape index (κ1) is 18.5. The Morgan fingerprint density at radius 2 is 2.08 bits per heavy atom. The first-order valence-electron chi connectivity index (χ1n) is 8.73. The quantitative estimate of drug-likeness (QED) is 0.796. The van der Waals surface area contributed by atoms with Crippen LogP contribution in [0.15, 0.2) is 24.3 Å². The summed E-state index contributed by atoms with van der Waals surface area (Å²) in [7, 11) is 1.62. The van der Waals surface area contributed by atoms with Gasteiger partial charge in [0, 0.05) is 25.8 Å². The molecule has 1 fully saturated rings. The van der Waals surface area contributed by atoms with E-state index < -0.39 is 0 Å². The van der Waals surface area contributed by atoms with E-state index in [2.05, 4.69) is 24.4 Å². The Hall–Kier alpha value is -1.88. The van der Waals surface area contributed by atoms with Crippen LogP contribution in [0.2, 0.25) is 0 Å². The molecule has 0 saturated carbocycles. The summed E-state index contributed by atoms with van der Waals surface area (Å²) in [4.78, 5) is 26.3. The molecule has 1 saturated heterocycles. The fraction of sp³-hybridized carbons (Fsp3) is 0.579. The van der Waals surface area contributed by atoms with Crippen molar-refractivity contribution < 1.29 is 14.3 Å². The molecule has 5 heteroatoms. The summed E-state index contributed by atoms with van der Waals surface area (Å²) >= 11 is 0. The van der Waals surface area contributed by atoms with Gasteiger partial charge in [0.15, 0.2) is 0 Å². The second-order valence-corrected chi connectivity index (χ2v) is 6.54. The number of hydrogen-bond donors (Lipinski definition) is 1. The number of methoxy groups -OCH3 is 1. The van der Waals surface area contributed by atoms with Crippen LogP contribution in [-0.2, 0) is 20.7 Å². The van der Waals surface area contributed by atoms with Crippen molar-refractivity contribution in [3.8, 4) is 0 Å². The molecule has 1 aromatic rings. The minimum Gasteiger partial charge on any atom is -0.383 e. The molecule has 2 amide bonds. The Morgan fingerprint density at radius 3 is 2.71 bits per heavy atom. The lowest BCUT2D eigenvalue weighted by atomic mass is 10.1. The van der Waals surface area contributed by atoms with Crippen molar-refractivity contribution in [2.75, 3.05) is 25.6 Å². The average molecular weight is 332 g/mol. The predicted octanol–water partition coefficient (Wildman–Crippen LogP) is 2.85. The summed E-state index contributed by atoms with van der Waals surface area (Å²) in [5.41, 5.74) is 2.07. The zero-order valence-electron chi connectivity index (χ0n) is 14.9. The maximum absolute atomic E-state index is 12.4. The molecule has 0 bridgehead atoms. The van der Waals surface area contributed by atoms with E-state index in [4.69, 9.17) is 4.74 Å². The van der Waals surface area contributed by atoms with Crippen LogP contribution in [0.4, 0.5) is 5.69 Å². The van der Waals surface area contributed by atoms with Crippen LogP contribution < -0.4 is 5.32 Å². The largest absolute Gasteiger partial charge is 0.383 e. The molecule has 0 aliphatic carbocycles. The number of hydrogen-bond acceptors (Lipinski definition) is 3. The van der Waals surface area contributed by atoms with Gasteiger partial charge in [-0.3, -0.25) is 9.59 Å².